The lowest BCUT2D eigenvalue weighted by Crippen LogP contribution is -2.64. The standard InChI is InChI=1S/C49H88N6O25P2/c1-30(58)52-42-46(67)44(65)36(26-56)78-48(42)74-20-12-8-14-38(61)50-18-10-4-6-16-40(63)54-24-34(60)22-32(54)28-77-82(71,72)80-35-23-33(29-76-81(69,70)73-3)55(25-35)41(64)17-7-5-11-19-51-39(62)15-9-13-21-75-49-43(53-31(2)59)47(68)45(66)37(27-57)79-49/h32-37,42-49,56-57,60,65-68H,4-29H2,1-3H3,(H,50,61)(H,51,62)(H,52,58)(H,53,59)(H,69,70)(H,71,72)/t32-,33-,34+,35+,36?,37?,42?,43?,44?,45?,46?,47?,48?,49?/m0/s1. The molecule has 0 radical (unpaired) electrons. The molecule has 13 N–H and O–H groups in total. The van der Waals surface area contributed by atoms with Gasteiger partial charge in [0.2, 0.25) is 35.4 Å². The van der Waals surface area contributed by atoms with Crippen LogP contribution in [-0.2, 0) is 74.9 Å². The maximum atomic E-state index is 13.5. The predicted octanol–water partition coefficient (Wildman–Crippen LogP) is -2.57. The quantitative estimate of drug-likeness (QED) is 0.0225. The molecule has 0 aromatic carbocycles. The van der Waals surface area contributed by atoms with E-state index < -0.39 is 145 Å². The lowest BCUT2D eigenvalue weighted by molar-refractivity contribution is -0.270. The third-order valence-corrected chi connectivity index (χ3v) is 16.2. The summed E-state index contributed by atoms with van der Waals surface area (Å²) in [5.74, 6) is -2.10. The van der Waals surface area contributed by atoms with Crippen LogP contribution in [0.4, 0.5) is 0 Å². The molecule has 4 fully saturated rings. The Balaban J connectivity index is 1.10. The second-order valence-corrected chi connectivity index (χ2v) is 23.8. The topological polar surface area (TPSA) is 447 Å². The molecule has 82 heavy (non-hydrogen) atoms. The number of carbonyl (C=O) groups is 6. The zero-order chi connectivity index (χ0) is 60.6. The van der Waals surface area contributed by atoms with E-state index in [2.05, 4.69) is 25.8 Å². The van der Waals surface area contributed by atoms with Crippen molar-refractivity contribution in [3.8, 4) is 0 Å². The molecule has 12 unspecified atom stereocenters. The van der Waals surface area contributed by atoms with Crippen LogP contribution in [0.5, 0.6) is 0 Å². The molecule has 0 aromatic heterocycles. The second kappa shape index (κ2) is 35.9. The Hall–Kier alpha value is -3.40. The summed E-state index contributed by atoms with van der Waals surface area (Å²) < 4.78 is 68.2. The fraction of sp³-hybridized carbons (Fsp3) is 0.878. The van der Waals surface area contributed by atoms with Crippen LogP contribution in [0.15, 0.2) is 0 Å². The van der Waals surface area contributed by atoms with Crippen molar-refractivity contribution in [3.05, 3.63) is 0 Å². The monoisotopic (exact) mass is 1220 g/mol. The number of unbranched alkanes of at least 4 members (excludes halogenated alkanes) is 6. The van der Waals surface area contributed by atoms with E-state index in [1.807, 2.05) is 0 Å². The van der Waals surface area contributed by atoms with E-state index in [-0.39, 0.29) is 82.5 Å². The summed E-state index contributed by atoms with van der Waals surface area (Å²) in [6.07, 6.45) is -7.01. The Morgan fingerprint density at radius 1 is 0.561 bits per heavy atom. The number of amides is 6. The molecule has 31 nitrogen and oxygen atoms in total. The second-order valence-electron chi connectivity index (χ2n) is 20.8. The molecule has 4 heterocycles. The van der Waals surface area contributed by atoms with Gasteiger partial charge in [-0.05, 0) is 64.2 Å². The van der Waals surface area contributed by atoms with Gasteiger partial charge in [-0.15, -0.1) is 0 Å². The van der Waals surface area contributed by atoms with Gasteiger partial charge >= 0.3 is 15.6 Å². The molecule has 4 aliphatic rings. The van der Waals surface area contributed by atoms with Crippen molar-refractivity contribution in [1.82, 2.24) is 31.1 Å². The first-order valence-electron chi connectivity index (χ1n) is 27.9. The molecule has 16 atom stereocenters. The van der Waals surface area contributed by atoms with E-state index in [9.17, 15) is 83.4 Å². The summed E-state index contributed by atoms with van der Waals surface area (Å²) in [6.45, 7) is 1.04. The molecular weight excluding hydrogens is 1130 g/mol. The molecule has 474 valence electrons. The molecule has 33 heteroatoms. The number of phosphoric acid groups is 2. The molecular formula is C49H88N6O25P2. The van der Waals surface area contributed by atoms with Crippen molar-refractivity contribution in [3.63, 3.8) is 0 Å². The summed E-state index contributed by atoms with van der Waals surface area (Å²) in [4.78, 5) is 98.2. The summed E-state index contributed by atoms with van der Waals surface area (Å²) in [5.41, 5.74) is 0. The third-order valence-electron chi connectivity index (χ3n) is 14.2. The van der Waals surface area contributed by atoms with Crippen molar-refractivity contribution < 1.29 is 120 Å². The number of likely N-dealkylation sites (tertiary alicyclic amines) is 2. The van der Waals surface area contributed by atoms with Gasteiger partial charge in [0.15, 0.2) is 12.6 Å². The van der Waals surface area contributed by atoms with Gasteiger partial charge in [0.25, 0.3) is 0 Å². The van der Waals surface area contributed by atoms with Crippen LogP contribution >= 0.6 is 15.6 Å². The first-order chi connectivity index (χ1) is 38.9. The molecule has 0 spiro atoms. The van der Waals surface area contributed by atoms with Crippen molar-refractivity contribution in [2.45, 2.75) is 202 Å². The average Bonchev–Trinajstić information content (AvgIpc) is 4.13. The van der Waals surface area contributed by atoms with Gasteiger partial charge < -0.3 is 95.5 Å². The van der Waals surface area contributed by atoms with Crippen LogP contribution < -0.4 is 21.3 Å². The van der Waals surface area contributed by atoms with Gasteiger partial charge in [-0.2, -0.15) is 0 Å². The van der Waals surface area contributed by atoms with Crippen LogP contribution in [0, 0.1) is 0 Å². The molecule has 6 amide bonds. The van der Waals surface area contributed by atoms with Crippen LogP contribution in [-0.4, -0.2) is 249 Å². The third kappa shape index (κ3) is 24.2. The van der Waals surface area contributed by atoms with Crippen LogP contribution in [0.3, 0.4) is 0 Å². The van der Waals surface area contributed by atoms with E-state index >= 15 is 0 Å². The first-order valence-corrected chi connectivity index (χ1v) is 30.9. The lowest BCUT2D eigenvalue weighted by atomic mass is 9.97. The van der Waals surface area contributed by atoms with E-state index in [1.54, 1.807) is 0 Å². The van der Waals surface area contributed by atoms with E-state index in [1.165, 1.54) is 23.6 Å². The summed E-state index contributed by atoms with van der Waals surface area (Å²) in [6, 6.07) is -3.76. The van der Waals surface area contributed by atoms with Gasteiger partial charge in [0.1, 0.15) is 48.7 Å². The van der Waals surface area contributed by atoms with Gasteiger partial charge in [0.05, 0.1) is 50.7 Å². The smallest absolute Gasteiger partial charge is 0.394 e. The Morgan fingerprint density at radius 3 is 1.43 bits per heavy atom. The van der Waals surface area contributed by atoms with Gasteiger partial charge in [-0.3, -0.25) is 46.9 Å². The number of nitrogens with one attached hydrogen (secondary N) is 4. The Bertz CT molecular complexity index is 2110. The Labute approximate surface area is 476 Å². The summed E-state index contributed by atoms with van der Waals surface area (Å²) >= 11 is 0. The predicted molar refractivity (Wildman–Crippen MR) is 283 cm³/mol. The fourth-order valence-corrected chi connectivity index (χ4v) is 11.3. The van der Waals surface area contributed by atoms with Crippen molar-refractivity contribution in [2.75, 3.05) is 72.9 Å². The maximum absolute atomic E-state index is 13.5. The minimum atomic E-state index is -4.85. The number of β-amino-alcohol motifs (C(OH)–C–C–N with tert-alkyl or cyclic N) is 1. The number of ether oxygens (including phenoxy) is 4. The number of hydrogen-bond donors (Lipinski definition) is 13. The van der Waals surface area contributed by atoms with Crippen LogP contribution in [0.1, 0.15) is 117 Å². The van der Waals surface area contributed by atoms with Crippen molar-refractivity contribution in [1.29, 1.82) is 0 Å². The number of phosphoric ester groups is 2. The molecule has 0 aliphatic carbocycles. The molecule has 4 aliphatic heterocycles. The fourth-order valence-electron chi connectivity index (χ4n) is 9.88. The zero-order valence-corrected chi connectivity index (χ0v) is 48.6. The van der Waals surface area contributed by atoms with Gasteiger partial charge in [-0.25, -0.2) is 9.13 Å². The molecule has 4 rings (SSSR count). The number of hydrogen-bond acceptors (Lipinski definition) is 23. The van der Waals surface area contributed by atoms with Crippen LogP contribution in [0.25, 0.3) is 0 Å². The Kier molecular flexibility index (Phi) is 31.1. The highest BCUT2D eigenvalue weighted by Crippen LogP contribution is 2.48. The summed E-state index contributed by atoms with van der Waals surface area (Å²) in [5, 5.41) is 81.1. The highest BCUT2D eigenvalue weighted by molar-refractivity contribution is 7.47. The number of aliphatic hydroxyl groups is 7. The van der Waals surface area contributed by atoms with Crippen molar-refractivity contribution >= 4 is 51.1 Å². The number of nitrogens with zero attached hydrogens (tertiary/aromatic N) is 2. The largest absolute Gasteiger partial charge is 0.472 e. The zero-order valence-electron chi connectivity index (χ0n) is 46.8. The lowest BCUT2D eigenvalue weighted by Gasteiger charge is -2.42. The molecule has 0 aromatic rings. The van der Waals surface area contributed by atoms with Crippen LogP contribution in [0.2, 0.25) is 0 Å². The van der Waals surface area contributed by atoms with E-state index in [0.717, 1.165) is 7.11 Å². The molecule has 0 bridgehead atoms. The molecule has 0 saturated carbocycles. The number of aliphatic hydroxyl groups excluding tert-OH is 7. The number of rotatable bonds is 37. The minimum absolute atomic E-state index is 0.0237. The van der Waals surface area contributed by atoms with Gasteiger partial charge in [-0.1, -0.05) is 12.8 Å². The molecule has 4 saturated heterocycles. The maximum Gasteiger partial charge on any atom is 0.472 e. The van der Waals surface area contributed by atoms with Gasteiger partial charge in [0, 0.05) is 86.0 Å². The van der Waals surface area contributed by atoms with E-state index in [4.69, 9.17) is 32.5 Å². The Morgan fingerprint density at radius 2 is 0.988 bits per heavy atom. The SMILES string of the molecule is COP(=O)(O)OC[C@@H]1C[C@@H](OP(=O)(O)OC[C@@H]2C[C@@H](O)CN2C(=O)CCCCCNC(=O)CCCCOC2OC(CO)C(O)C(O)C2NC(C)=O)CN1C(=O)CCCCCNC(=O)CCCCOC1OC(CO)C(O)C(O)C1NC(C)=O. The number of carbonyl (C=O) groups excluding carboxylic acids is 6. The van der Waals surface area contributed by atoms with Crippen molar-refractivity contribution in [2.24, 2.45) is 0 Å². The highest BCUT2D eigenvalue weighted by atomic mass is 31.2. The van der Waals surface area contributed by atoms with E-state index in [0.29, 0.717) is 77.3 Å². The first kappa shape index (κ1) is 71.1. The highest BCUT2D eigenvalue weighted by Gasteiger charge is 2.47. The minimum Gasteiger partial charge on any atom is -0.394 e. The normalized spacial score (nSPS) is 29.9. The summed E-state index contributed by atoms with van der Waals surface area (Å²) in [7, 11) is -8.36. The average molecular weight is 1220 g/mol.